The molecule has 3 amide bonds. The van der Waals surface area contributed by atoms with Crippen molar-refractivity contribution in [3.05, 3.63) is 29.8 Å². The molecule has 0 spiro atoms. The predicted octanol–water partition coefficient (Wildman–Crippen LogP) is 2.60. The lowest BCUT2D eigenvalue weighted by Gasteiger charge is -2.21. The topological polar surface area (TPSA) is 87.3 Å². The number of nitrogens with one attached hydrogen (secondary N) is 3. The minimum absolute atomic E-state index is 0.221. The van der Waals surface area contributed by atoms with E-state index in [4.69, 9.17) is 0 Å². The maximum atomic E-state index is 12.3. The lowest BCUT2D eigenvalue weighted by molar-refractivity contribution is -0.136. The molecule has 0 saturated heterocycles. The number of carbonyl (C=O) groups excluding carboxylic acids is 3. The van der Waals surface area contributed by atoms with Crippen LogP contribution in [-0.4, -0.2) is 30.3 Å². The van der Waals surface area contributed by atoms with Crippen molar-refractivity contribution in [3.8, 4) is 0 Å². The summed E-state index contributed by atoms with van der Waals surface area (Å²) in [5.41, 5.74) is 0.737. The molecule has 0 atom stereocenters. The molecule has 2 aliphatic rings. The van der Waals surface area contributed by atoms with Gasteiger partial charge < -0.3 is 16.0 Å². The SMILES string of the molecule is O=C(NCCC1CCCCC1)C(=O)Nc1ccccc1C(=O)NC1CC1. The molecule has 3 rings (SSSR count). The van der Waals surface area contributed by atoms with Gasteiger partial charge in [0.2, 0.25) is 0 Å². The van der Waals surface area contributed by atoms with Crippen LogP contribution in [0.2, 0.25) is 0 Å². The van der Waals surface area contributed by atoms with Gasteiger partial charge in [-0.15, -0.1) is 0 Å². The number of amides is 3. The summed E-state index contributed by atoms with van der Waals surface area (Å²) in [5, 5.41) is 8.14. The fraction of sp³-hybridized carbons (Fsp3) is 0.550. The third-order valence-electron chi connectivity index (χ3n) is 5.10. The number of para-hydroxylation sites is 1. The first-order valence-corrected chi connectivity index (χ1v) is 9.62. The third kappa shape index (κ3) is 5.31. The van der Waals surface area contributed by atoms with Crippen molar-refractivity contribution in [2.24, 2.45) is 5.92 Å². The van der Waals surface area contributed by atoms with Gasteiger partial charge in [-0.2, -0.15) is 0 Å². The maximum Gasteiger partial charge on any atom is 0.313 e. The molecular weight excluding hydrogens is 330 g/mol. The van der Waals surface area contributed by atoms with Gasteiger partial charge in [0, 0.05) is 12.6 Å². The Morgan fingerprint density at radius 2 is 1.65 bits per heavy atom. The largest absolute Gasteiger partial charge is 0.349 e. The van der Waals surface area contributed by atoms with Crippen LogP contribution in [-0.2, 0) is 9.59 Å². The molecule has 6 nitrogen and oxygen atoms in total. The molecule has 0 radical (unpaired) electrons. The fourth-order valence-electron chi connectivity index (χ4n) is 3.41. The molecule has 3 N–H and O–H groups in total. The normalized spacial score (nSPS) is 17.4. The van der Waals surface area contributed by atoms with Crippen LogP contribution in [0.15, 0.2) is 24.3 Å². The summed E-state index contributed by atoms with van der Waals surface area (Å²) in [4.78, 5) is 36.4. The third-order valence-corrected chi connectivity index (χ3v) is 5.10. The van der Waals surface area contributed by atoms with Crippen LogP contribution in [0.3, 0.4) is 0 Å². The van der Waals surface area contributed by atoms with Crippen molar-refractivity contribution in [1.82, 2.24) is 10.6 Å². The summed E-state index contributed by atoms with van der Waals surface area (Å²) < 4.78 is 0. The molecule has 0 bridgehead atoms. The van der Waals surface area contributed by atoms with Gasteiger partial charge in [-0.1, -0.05) is 44.2 Å². The number of benzene rings is 1. The van der Waals surface area contributed by atoms with Crippen molar-refractivity contribution >= 4 is 23.4 Å². The number of anilines is 1. The van der Waals surface area contributed by atoms with E-state index < -0.39 is 11.8 Å². The highest BCUT2D eigenvalue weighted by atomic mass is 16.2. The number of carbonyl (C=O) groups is 3. The van der Waals surface area contributed by atoms with E-state index in [1.165, 1.54) is 32.1 Å². The minimum Gasteiger partial charge on any atom is -0.349 e. The molecule has 0 aromatic heterocycles. The second-order valence-electron chi connectivity index (χ2n) is 7.30. The van der Waals surface area contributed by atoms with Crippen LogP contribution < -0.4 is 16.0 Å². The van der Waals surface area contributed by atoms with Crippen LogP contribution in [0.1, 0.15) is 61.7 Å². The Balaban J connectivity index is 1.48. The number of hydrogen-bond donors (Lipinski definition) is 3. The van der Waals surface area contributed by atoms with Gasteiger partial charge in [0.1, 0.15) is 0 Å². The summed E-state index contributed by atoms with van der Waals surface area (Å²) in [6.07, 6.45) is 9.15. The predicted molar refractivity (Wildman–Crippen MR) is 99.8 cm³/mol. The summed E-state index contributed by atoms with van der Waals surface area (Å²) in [6, 6.07) is 6.98. The molecule has 1 aromatic carbocycles. The highest BCUT2D eigenvalue weighted by Gasteiger charge is 2.25. The first kappa shape index (κ1) is 18.4. The van der Waals surface area contributed by atoms with E-state index >= 15 is 0 Å². The van der Waals surface area contributed by atoms with E-state index in [0.717, 1.165) is 19.3 Å². The lowest BCUT2D eigenvalue weighted by atomic mass is 9.87. The zero-order valence-corrected chi connectivity index (χ0v) is 15.1. The lowest BCUT2D eigenvalue weighted by Crippen LogP contribution is -2.37. The first-order valence-electron chi connectivity index (χ1n) is 9.62. The summed E-state index contributed by atoms with van der Waals surface area (Å²) in [6.45, 7) is 0.515. The van der Waals surface area contributed by atoms with Gasteiger partial charge in [-0.3, -0.25) is 14.4 Å². The van der Waals surface area contributed by atoms with Gasteiger partial charge in [-0.05, 0) is 37.3 Å². The Labute approximate surface area is 154 Å². The highest BCUT2D eigenvalue weighted by Crippen LogP contribution is 2.25. The summed E-state index contributed by atoms with van der Waals surface area (Å²) in [5.74, 6) is -0.960. The Morgan fingerprint density at radius 1 is 0.923 bits per heavy atom. The minimum atomic E-state index is -0.736. The van der Waals surface area contributed by atoms with Crippen LogP contribution in [0.5, 0.6) is 0 Å². The van der Waals surface area contributed by atoms with Crippen LogP contribution in [0, 0.1) is 5.92 Å². The molecule has 0 unspecified atom stereocenters. The average Bonchev–Trinajstić information content (AvgIpc) is 3.47. The molecule has 0 heterocycles. The van der Waals surface area contributed by atoms with Crippen molar-refractivity contribution in [2.75, 3.05) is 11.9 Å². The molecule has 2 fully saturated rings. The van der Waals surface area contributed by atoms with Gasteiger partial charge >= 0.3 is 11.8 Å². The van der Waals surface area contributed by atoms with Crippen molar-refractivity contribution in [1.29, 1.82) is 0 Å². The van der Waals surface area contributed by atoms with Crippen LogP contribution in [0.4, 0.5) is 5.69 Å². The highest BCUT2D eigenvalue weighted by molar-refractivity contribution is 6.40. The van der Waals surface area contributed by atoms with E-state index in [-0.39, 0.29) is 11.9 Å². The molecular formula is C20H27N3O3. The van der Waals surface area contributed by atoms with Crippen molar-refractivity contribution < 1.29 is 14.4 Å². The molecule has 6 heteroatoms. The first-order chi connectivity index (χ1) is 12.6. The zero-order valence-electron chi connectivity index (χ0n) is 15.1. The quantitative estimate of drug-likeness (QED) is 0.684. The maximum absolute atomic E-state index is 12.3. The monoisotopic (exact) mass is 357 g/mol. The molecule has 0 aliphatic heterocycles. The molecule has 26 heavy (non-hydrogen) atoms. The summed E-state index contributed by atoms with van der Waals surface area (Å²) in [7, 11) is 0. The van der Waals surface area contributed by atoms with E-state index in [1.807, 2.05) is 0 Å². The molecule has 2 saturated carbocycles. The van der Waals surface area contributed by atoms with Gasteiger partial charge in [0.05, 0.1) is 11.3 Å². The Hall–Kier alpha value is -2.37. The van der Waals surface area contributed by atoms with Gasteiger partial charge in [-0.25, -0.2) is 0 Å². The van der Waals surface area contributed by atoms with Crippen molar-refractivity contribution in [3.63, 3.8) is 0 Å². The number of rotatable bonds is 6. The van der Waals surface area contributed by atoms with Crippen molar-refractivity contribution in [2.45, 2.75) is 57.4 Å². The van der Waals surface area contributed by atoms with Gasteiger partial charge in [0.25, 0.3) is 5.91 Å². The van der Waals surface area contributed by atoms with E-state index in [2.05, 4.69) is 16.0 Å². The zero-order chi connectivity index (χ0) is 18.4. The van der Waals surface area contributed by atoms with E-state index in [9.17, 15) is 14.4 Å². The second kappa shape index (κ2) is 8.83. The molecule has 2 aliphatic carbocycles. The Bertz CT molecular complexity index is 664. The summed E-state index contributed by atoms with van der Waals surface area (Å²) >= 11 is 0. The Kier molecular flexibility index (Phi) is 6.26. The van der Waals surface area contributed by atoms with E-state index in [0.29, 0.717) is 23.7 Å². The standard InChI is InChI=1S/C20H27N3O3/c24-18(22-15-10-11-15)16-8-4-5-9-17(16)23-20(26)19(25)21-13-12-14-6-2-1-3-7-14/h4-5,8-9,14-15H,1-3,6-7,10-13H2,(H,21,25)(H,22,24)(H,23,26). The fourth-order valence-corrected chi connectivity index (χ4v) is 3.41. The van der Waals surface area contributed by atoms with Crippen LogP contribution in [0.25, 0.3) is 0 Å². The molecule has 1 aromatic rings. The van der Waals surface area contributed by atoms with Crippen LogP contribution >= 0.6 is 0 Å². The number of hydrogen-bond acceptors (Lipinski definition) is 3. The van der Waals surface area contributed by atoms with Gasteiger partial charge in [0.15, 0.2) is 0 Å². The molecule has 140 valence electrons. The Morgan fingerprint density at radius 3 is 2.38 bits per heavy atom. The van der Waals surface area contributed by atoms with E-state index in [1.54, 1.807) is 24.3 Å². The average molecular weight is 357 g/mol. The second-order valence-corrected chi connectivity index (χ2v) is 7.30. The smallest absolute Gasteiger partial charge is 0.313 e.